The molecule has 0 atom stereocenters. The first-order valence-electron chi connectivity index (χ1n) is 2.92. The molecular weight excluding hydrogens is 136 g/mol. The van der Waals surface area contributed by atoms with E-state index in [-0.39, 0.29) is 13.0 Å². The Hall–Kier alpha value is -1.10. The fraction of sp³-hybridized carbons (Fsp3) is 0.600. The number of carbonyl (C=O) groups excluding carboxylic acids is 2. The fourth-order valence-electron chi connectivity index (χ4n) is 0.464. The topological polar surface area (TPSA) is 99.8 Å². The lowest BCUT2D eigenvalue weighted by Crippen LogP contribution is -2.86. The van der Waals surface area contributed by atoms with E-state index in [1.54, 1.807) is 0 Å². The maximum Gasteiger partial charge on any atom is 0.272 e. The van der Waals surface area contributed by atoms with Crippen molar-refractivity contribution in [2.24, 2.45) is 5.73 Å². The second-order valence-corrected chi connectivity index (χ2v) is 1.87. The predicted octanol–water partition coefficient (Wildman–Crippen LogP) is -3.82. The van der Waals surface area contributed by atoms with Crippen molar-refractivity contribution < 1.29 is 20.0 Å². The highest BCUT2D eigenvalue weighted by atomic mass is 16.4. The van der Waals surface area contributed by atoms with Crippen molar-refractivity contribution >= 4 is 11.9 Å². The Balaban J connectivity index is 3.06. The smallest absolute Gasteiger partial charge is 0.272 e. The van der Waals surface area contributed by atoms with E-state index in [1.807, 2.05) is 0 Å². The van der Waals surface area contributed by atoms with Crippen LogP contribution in [-0.2, 0) is 9.59 Å². The molecule has 0 aliphatic carbocycles. The van der Waals surface area contributed by atoms with Crippen molar-refractivity contribution in [1.82, 2.24) is 0 Å². The van der Waals surface area contributed by atoms with E-state index in [0.29, 0.717) is 6.54 Å². The van der Waals surface area contributed by atoms with E-state index in [2.05, 4.69) is 0 Å². The van der Waals surface area contributed by atoms with Crippen molar-refractivity contribution in [3.63, 3.8) is 0 Å². The zero-order valence-electron chi connectivity index (χ0n) is 5.50. The summed E-state index contributed by atoms with van der Waals surface area (Å²) in [4.78, 5) is 19.9. The molecule has 0 bridgehead atoms. The second kappa shape index (κ2) is 4.75. The van der Waals surface area contributed by atoms with Crippen LogP contribution in [0, 0.1) is 0 Å². The molecule has 0 saturated carbocycles. The van der Waals surface area contributed by atoms with Crippen molar-refractivity contribution in [2.45, 2.75) is 6.42 Å². The number of hydrogen-bond acceptors (Lipinski definition) is 3. The number of aliphatic carboxylic acids is 1. The number of carbonyl (C=O) groups is 2. The summed E-state index contributed by atoms with van der Waals surface area (Å²) in [6.45, 7) is 0.471. The number of rotatable bonds is 5. The lowest BCUT2D eigenvalue weighted by Gasteiger charge is -1.98. The summed E-state index contributed by atoms with van der Waals surface area (Å²) >= 11 is 0. The molecule has 0 aromatic carbocycles. The molecule has 0 saturated heterocycles. The SMILES string of the molecule is NC(=O)C[NH2+]CCC(=O)[O-]. The van der Waals surface area contributed by atoms with Crippen LogP contribution in [0.1, 0.15) is 6.42 Å². The molecule has 0 aliphatic heterocycles. The number of quaternary nitrogens is 1. The molecule has 0 radical (unpaired) electrons. The van der Waals surface area contributed by atoms with E-state index in [1.165, 1.54) is 5.32 Å². The number of amides is 1. The maximum atomic E-state index is 10.1. The van der Waals surface area contributed by atoms with E-state index < -0.39 is 11.9 Å². The first-order chi connectivity index (χ1) is 4.63. The number of carboxylic acids is 1. The summed E-state index contributed by atoms with van der Waals surface area (Å²) in [7, 11) is 0. The van der Waals surface area contributed by atoms with Crippen LogP contribution in [0.15, 0.2) is 0 Å². The van der Waals surface area contributed by atoms with Gasteiger partial charge in [-0.05, 0) is 0 Å². The zero-order valence-corrected chi connectivity index (χ0v) is 5.50. The summed E-state index contributed by atoms with van der Waals surface area (Å²) in [5.41, 5.74) is 4.78. The molecule has 0 aliphatic rings. The minimum absolute atomic E-state index is 0.0483. The largest absolute Gasteiger partial charge is 0.550 e. The summed E-state index contributed by atoms with van der Waals surface area (Å²) in [6, 6.07) is 0. The normalized spacial score (nSPS) is 9.20. The predicted molar refractivity (Wildman–Crippen MR) is 30.5 cm³/mol. The first kappa shape index (κ1) is 8.90. The van der Waals surface area contributed by atoms with Gasteiger partial charge in [-0.3, -0.25) is 4.79 Å². The maximum absolute atomic E-state index is 10.1. The van der Waals surface area contributed by atoms with E-state index in [9.17, 15) is 14.7 Å². The molecule has 0 spiro atoms. The Morgan fingerprint density at radius 2 is 2.10 bits per heavy atom. The van der Waals surface area contributed by atoms with Gasteiger partial charge in [-0.25, -0.2) is 0 Å². The highest BCUT2D eigenvalue weighted by Gasteiger charge is 1.95. The monoisotopic (exact) mass is 146 g/mol. The van der Waals surface area contributed by atoms with Gasteiger partial charge in [-0.15, -0.1) is 0 Å². The molecule has 4 N–H and O–H groups in total. The Morgan fingerprint density at radius 1 is 1.50 bits per heavy atom. The second-order valence-electron chi connectivity index (χ2n) is 1.87. The summed E-state index contributed by atoms with van der Waals surface area (Å²) in [5.74, 6) is -1.56. The Labute approximate surface area is 58.2 Å². The van der Waals surface area contributed by atoms with E-state index >= 15 is 0 Å². The standard InChI is InChI=1S/C5H10N2O3/c6-4(8)3-7-2-1-5(9)10/h7H,1-3H2,(H2,6,8)(H,9,10). The molecule has 0 heterocycles. The average molecular weight is 146 g/mol. The molecule has 0 rings (SSSR count). The van der Waals surface area contributed by atoms with Gasteiger partial charge >= 0.3 is 0 Å². The van der Waals surface area contributed by atoms with Crippen LogP contribution in [0.4, 0.5) is 0 Å². The third-order valence-corrected chi connectivity index (χ3v) is 0.898. The number of hydrogen-bond donors (Lipinski definition) is 2. The number of carboxylic acid groups (broad SMARTS) is 1. The Kier molecular flexibility index (Phi) is 4.23. The van der Waals surface area contributed by atoms with Crippen LogP contribution in [0.25, 0.3) is 0 Å². The molecular formula is C5H10N2O3. The van der Waals surface area contributed by atoms with Gasteiger partial charge in [-0.1, -0.05) is 0 Å². The number of nitrogens with two attached hydrogens (primary N) is 2. The lowest BCUT2D eigenvalue weighted by atomic mass is 10.4. The lowest BCUT2D eigenvalue weighted by molar-refractivity contribution is -0.643. The number of primary amides is 1. The fourth-order valence-corrected chi connectivity index (χ4v) is 0.464. The molecule has 10 heavy (non-hydrogen) atoms. The molecule has 0 unspecified atom stereocenters. The van der Waals surface area contributed by atoms with Crippen LogP contribution in [0.5, 0.6) is 0 Å². The Morgan fingerprint density at radius 3 is 2.50 bits per heavy atom. The van der Waals surface area contributed by atoms with Crippen molar-refractivity contribution in [2.75, 3.05) is 13.1 Å². The zero-order chi connectivity index (χ0) is 7.98. The van der Waals surface area contributed by atoms with Crippen molar-refractivity contribution in [3.8, 4) is 0 Å². The van der Waals surface area contributed by atoms with Gasteiger partial charge in [0, 0.05) is 12.4 Å². The first-order valence-corrected chi connectivity index (χ1v) is 2.92. The van der Waals surface area contributed by atoms with Crippen molar-refractivity contribution in [1.29, 1.82) is 0 Å². The Bertz CT molecular complexity index is 119. The summed E-state index contributed by atoms with van der Waals surface area (Å²) in [6.07, 6.45) is -0.0483. The molecule has 0 aromatic rings. The van der Waals surface area contributed by atoms with Gasteiger partial charge in [0.1, 0.15) is 0 Å². The molecule has 0 fully saturated rings. The molecule has 1 amide bonds. The third-order valence-electron chi connectivity index (χ3n) is 0.898. The van der Waals surface area contributed by atoms with Gasteiger partial charge in [-0.2, -0.15) is 0 Å². The third kappa shape index (κ3) is 6.90. The molecule has 5 heteroatoms. The van der Waals surface area contributed by atoms with Crippen LogP contribution in [0.2, 0.25) is 0 Å². The quantitative estimate of drug-likeness (QED) is 0.389. The summed E-state index contributed by atoms with van der Waals surface area (Å²) < 4.78 is 0. The highest BCUT2D eigenvalue weighted by Crippen LogP contribution is 1.62. The minimum atomic E-state index is -1.11. The van der Waals surface area contributed by atoms with Gasteiger partial charge in [0.05, 0.1) is 6.54 Å². The highest BCUT2D eigenvalue weighted by molar-refractivity contribution is 5.74. The van der Waals surface area contributed by atoms with Crippen LogP contribution < -0.4 is 16.2 Å². The summed E-state index contributed by atoms with van der Waals surface area (Å²) in [5, 5.41) is 11.3. The van der Waals surface area contributed by atoms with Gasteiger partial charge in [0.15, 0.2) is 6.54 Å². The molecule has 5 nitrogen and oxygen atoms in total. The van der Waals surface area contributed by atoms with Gasteiger partial charge in [0.2, 0.25) is 0 Å². The van der Waals surface area contributed by atoms with E-state index in [4.69, 9.17) is 5.73 Å². The van der Waals surface area contributed by atoms with Crippen molar-refractivity contribution in [3.05, 3.63) is 0 Å². The van der Waals surface area contributed by atoms with Gasteiger partial charge < -0.3 is 21.0 Å². The molecule has 0 aromatic heterocycles. The van der Waals surface area contributed by atoms with E-state index in [0.717, 1.165) is 0 Å². The van der Waals surface area contributed by atoms with Crippen LogP contribution in [0.3, 0.4) is 0 Å². The minimum Gasteiger partial charge on any atom is -0.550 e. The average Bonchev–Trinajstić information content (AvgIpc) is 1.79. The van der Waals surface area contributed by atoms with Crippen LogP contribution in [-0.4, -0.2) is 25.0 Å². The van der Waals surface area contributed by atoms with Gasteiger partial charge in [0.25, 0.3) is 5.91 Å². The van der Waals surface area contributed by atoms with Crippen LogP contribution >= 0.6 is 0 Å². The molecule has 58 valence electrons.